The summed E-state index contributed by atoms with van der Waals surface area (Å²) in [6.45, 7) is 3.50. The maximum atomic E-state index is 12.6. The number of rotatable bonds is 9. The molecule has 1 aromatic heterocycles. The second-order valence-corrected chi connectivity index (χ2v) is 8.55. The summed E-state index contributed by atoms with van der Waals surface area (Å²) in [6.07, 6.45) is 0.770. The van der Waals surface area contributed by atoms with Gasteiger partial charge in [0.2, 0.25) is 10.0 Å². The molecule has 7 nitrogen and oxygen atoms in total. The lowest BCUT2D eigenvalue weighted by atomic mass is 10.2. The van der Waals surface area contributed by atoms with E-state index < -0.39 is 5.91 Å². The summed E-state index contributed by atoms with van der Waals surface area (Å²) in [5.41, 5.74) is 1.76. The third-order valence-electron chi connectivity index (χ3n) is 4.55. The number of likely N-dealkylation sites (N-methyl/N-ethyl adjacent to an activating group) is 1. The first-order chi connectivity index (χ1) is 14.9. The molecule has 0 aliphatic carbocycles. The van der Waals surface area contributed by atoms with Crippen molar-refractivity contribution in [1.29, 1.82) is 0 Å². The molecule has 0 fully saturated rings. The molecular formula is C22H24ClN5O2S. The van der Waals surface area contributed by atoms with Gasteiger partial charge in [-0.2, -0.15) is 0 Å². The van der Waals surface area contributed by atoms with Crippen molar-refractivity contribution >= 4 is 40.4 Å². The van der Waals surface area contributed by atoms with Crippen LogP contribution in [-0.4, -0.2) is 46.5 Å². The normalized spacial score (nSPS) is 11.9. The smallest absolute Gasteiger partial charge is 0.286 e. The third kappa shape index (κ3) is 6.85. The van der Waals surface area contributed by atoms with E-state index in [1.54, 1.807) is 24.3 Å². The predicted octanol–water partition coefficient (Wildman–Crippen LogP) is 4.08. The largest absolute Gasteiger partial charge is 0.346 e. The summed E-state index contributed by atoms with van der Waals surface area (Å²) in [6, 6.07) is 16.9. The van der Waals surface area contributed by atoms with Gasteiger partial charge >= 0.3 is 0 Å². The summed E-state index contributed by atoms with van der Waals surface area (Å²) in [4.78, 5) is 27.2. The lowest BCUT2D eigenvalue weighted by Gasteiger charge is -2.23. The highest BCUT2D eigenvalue weighted by atomic mass is 35.5. The highest BCUT2D eigenvalue weighted by molar-refractivity contribution is 7.15. The molecule has 0 saturated heterocycles. The molecule has 0 aliphatic heterocycles. The van der Waals surface area contributed by atoms with Gasteiger partial charge in [-0.3, -0.25) is 9.59 Å². The van der Waals surface area contributed by atoms with Gasteiger partial charge in [0.15, 0.2) is 0 Å². The molecule has 0 radical (unpaired) electrons. The Kier molecular flexibility index (Phi) is 8.11. The Morgan fingerprint density at radius 2 is 1.77 bits per heavy atom. The summed E-state index contributed by atoms with van der Waals surface area (Å²) in [5.74, 6) is -0.771. The molecule has 0 aliphatic rings. The van der Waals surface area contributed by atoms with Crippen molar-refractivity contribution in [2.45, 2.75) is 25.9 Å². The van der Waals surface area contributed by atoms with E-state index in [1.165, 1.54) is 5.56 Å². The molecular weight excluding hydrogens is 434 g/mol. The molecule has 2 amide bonds. The van der Waals surface area contributed by atoms with Gasteiger partial charge in [-0.1, -0.05) is 66.3 Å². The second-order valence-electron chi connectivity index (χ2n) is 7.14. The molecule has 0 bridgehead atoms. The van der Waals surface area contributed by atoms with E-state index in [1.807, 2.05) is 32.2 Å². The van der Waals surface area contributed by atoms with E-state index in [9.17, 15) is 9.59 Å². The minimum absolute atomic E-state index is 0.0474. The van der Waals surface area contributed by atoms with Gasteiger partial charge in [0.05, 0.1) is 0 Å². The fraction of sp³-hybridized carbons (Fsp3) is 0.273. The van der Waals surface area contributed by atoms with Crippen LogP contribution in [0.4, 0.5) is 5.69 Å². The van der Waals surface area contributed by atoms with Crippen LogP contribution in [0.3, 0.4) is 0 Å². The first kappa shape index (κ1) is 22.9. The average molecular weight is 458 g/mol. The van der Waals surface area contributed by atoms with Crippen molar-refractivity contribution in [2.24, 2.45) is 0 Å². The van der Waals surface area contributed by atoms with Crippen LogP contribution in [0.1, 0.15) is 38.5 Å². The average Bonchev–Trinajstić information content (AvgIpc) is 3.24. The molecule has 162 valence electrons. The molecule has 0 unspecified atom stereocenters. The van der Waals surface area contributed by atoms with Crippen molar-refractivity contribution in [3.63, 3.8) is 0 Å². The Hall–Kier alpha value is -2.81. The van der Waals surface area contributed by atoms with Crippen LogP contribution < -0.4 is 10.6 Å². The van der Waals surface area contributed by atoms with Crippen molar-refractivity contribution < 1.29 is 9.59 Å². The Morgan fingerprint density at radius 3 is 2.45 bits per heavy atom. The number of carbonyl (C=O) groups is 2. The molecule has 0 spiro atoms. The number of benzene rings is 2. The van der Waals surface area contributed by atoms with Crippen LogP contribution in [0, 0.1) is 0 Å². The minimum Gasteiger partial charge on any atom is -0.346 e. The number of anilines is 1. The molecule has 9 heteroatoms. The van der Waals surface area contributed by atoms with Gasteiger partial charge in [0.1, 0.15) is 0 Å². The number of aromatic nitrogens is 2. The highest BCUT2D eigenvalue weighted by Crippen LogP contribution is 2.17. The van der Waals surface area contributed by atoms with E-state index in [4.69, 9.17) is 11.6 Å². The summed E-state index contributed by atoms with van der Waals surface area (Å²) < 4.78 is 0. The quantitative estimate of drug-likeness (QED) is 0.505. The molecule has 3 aromatic rings. The van der Waals surface area contributed by atoms with Gasteiger partial charge in [0.25, 0.3) is 11.8 Å². The standard InChI is InChI=1S/C22H24ClN5O2S/c1-3-17(14-28(2)13-15-8-5-4-6-9-15)24-19(29)21-26-27-22(31-21)20(30)25-18-11-7-10-16(23)12-18/h4-12,17H,3,13-14H2,1-2H3,(H,24,29)(H,25,30)/t17-/m0/s1. The number of nitrogens with one attached hydrogen (secondary N) is 2. The molecule has 2 N–H and O–H groups in total. The Morgan fingerprint density at radius 1 is 1.06 bits per heavy atom. The lowest BCUT2D eigenvalue weighted by Crippen LogP contribution is -2.42. The predicted molar refractivity (Wildman–Crippen MR) is 124 cm³/mol. The summed E-state index contributed by atoms with van der Waals surface area (Å²) in [7, 11) is 2.02. The van der Waals surface area contributed by atoms with E-state index in [-0.39, 0.29) is 22.0 Å². The third-order valence-corrected chi connectivity index (χ3v) is 5.71. The molecule has 0 saturated carbocycles. The van der Waals surface area contributed by atoms with Gasteiger partial charge in [0, 0.05) is 29.8 Å². The zero-order chi connectivity index (χ0) is 22.2. The maximum absolute atomic E-state index is 12.6. The number of hydrogen-bond acceptors (Lipinski definition) is 6. The molecule has 3 rings (SSSR count). The first-order valence-corrected chi connectivity index (χ1v) is 11.1. The van der Waals surface area contributed by atoms with Crippen LogP contribution in [0.5, 0.6) is 0 Å². The number of nitrogens with zero attached hydrogens (tertiary/aromatic N) is 3. The van der Waals surface area contributed by atoms with E-state index >= 15 is 0 Å². The number of carbonyl (C=O) groups excluding carboxylic acids is 2. The topological polar surface area (TPSA) is 87.2 Å². The van der Waals surface area contributed by atoms with Crippen molar-refractivity contribution in [1.82, 2.24) is 20.4 Å². The highest BCUT2D eigenvalue weighted by Gasteiger charge is 2.20. The minimum atomic E-state index is -0.437. The van der Waals surface area contributed by atoms with Gasteiger partial charge in [-0.15, -0.1) is 10.2 Å². The molecule has 1 heterocycles. The fourth-order valence-corrected chi connectivity index (χ4v) is 3.85. The number of halogens is 1. The monoisotopic (exact) mass is 457 g/mol. The van der Waals surface area contributed by atoms with Crippen LogP contribution in [0.25, 0.3) is 0 Å². The van der Waals surface area contributed by atoms with E-state index in [0.717, 1.165) is 24.3 Å². The lowest BCUT2D eigenvalue weighted by molar-refractivity contribution is 0.0923. The van der Waals surface area contributed by atoms with Gasteiger partial charge in [-0.25, -0.2) is 0 Å². The van der Waals surface area contributed by atoms with E-state index in [2.05, 4.69) is 37.9 Å². The molecule has 1 atom stereocenters. The molecule has 2 aromatic carbocycles. The second kappa shape index (κ2) is 11.0. The molecule has 31 heavy (non-hydrogen) atoms. The van der Waals surface area contributed by atoms with Gasteiger partial charge < -0.3 is 15.5 Å². The van der Waals surface area contributed by atoms with Crippen molar-refractivity contribution in [3.05, 3.63) is 75.2 Å². The van der Waals surface area contributed by atoms with Crippen LogP contribution in [0.15, 0.2) is 54.6 Å². The zero-order valence-corrected chi connectivity index (χ0v) is 18.9. The number of amides is 2. The maximum Gasteiger partial charge on any atom is 0.286 e. The summed E-state index contributed by atoms with van der Waals surface area (Å²) >= 11 is 6.88. The number of hydrogen-bond donors (Lipinski definition) is 2. The van der Waals surface area contributed by atoms with Crippen LogP contribution in [0.2, 0.25) is 5.02 Å². The first-order valence-electron chi connectivity index (χ1n) is 9.88. The van der Waals surface area contributed by atoms with Crippen molar-refractivity contribution in [2.75, 3.05) is 18.9 Å². The van der Waals surface area contributed by atoms with Crippen molar-refractivity contribution in [3.8, 4) is 0 Å². The summed E-state index contributed by atoms with van der Waals surface area (Å²) in [5, 5.41) is 14.2. The Labute approximate surface area is 190 Å². The van der Waals surface area contributed by atoms with E-state index in [0.29, 0.717) is 17.3 Å². The van der Waals surface area contributed by atoms with Gasteiger partial charge in [-0.05, 0) is 37.2 Å². The zero-order valence-electron chi connectivity index (χ0n) is 17.3. The van der Waals surface area contributed by atoms with Crippen LogP contribution >= 0.6 is 22.9 Å². The Balaban J connectivity index is 1.55. The fourth-order valence-electron chi connectivity index (χ4n) is 3.02. The Bertz CT molecular complexity index is 1030. The van der Waals surface area contributed by atoms with Crippen LogP contribution in [-0.2, 0) is 6.54 Å². The SMILES string of the molecule is CC[C@@H](CN(C)Cc1ccccc1)NC(=O)c1nnc(C(=O)Nc2cccc(Cl)c2)s1.